The highest BCUT2D eigenvalue weighted by molar-refractivity contribution is 9.09. The Hall–Kier alpha value is -4.76. The van der Waals surface area contributed by atoms with Crippen molar-refractivity contribution in [1.29, 1.82) is 0 Å². The van der Waals surface area contributed by atoms with Crippen LogP contribution in [0.4, 0.5) is 0 Å². The van der Waals surface area contributed by atoms with Gasteiger partial charge < -0.3 is 19.0 Å². The highest BCUT2D eigenvalue weighted by Gasteiger charge is 2.24. The second-order valence-corrected chi connectivity index (χ2v) is 11.7. The van der Waals surface area contributed by atoms with Crippen LogP contribution in [0.5, 0.6) is 0 Å². The molecule has 2 unspecified atom stereocenters. The number of fused-ring (bicyclic) bond motifs is 2. The molecule has 0 bridgehead atoms. The number of carbonyl (C=O) groups is 2. The number of rotatable bonds is 5. The maximum Gasteiger partial charge on any atom is 0.340 e. The molecule has 0 spiro atoms. The highest BCUT2D eigenvalue weighted by Crippen LogP contribution is 2.31. The minimum atomic E-state index is -0.332. The van der Waals surface area contributed by atoms with Gasteiger partial charge in [0.1, 0.15) is 11.3 Å². The minimum Gasteiger partial charge on any atom is -0.465 e. The molecule has 4 aromatic heterocycles. The molecule has 0 saturated heterocycles. The van der Waals surface area contributed by atoms with Crippen molar-refractivity contribution in [3.63, 3.8) is 0 Å². The summed E-state index contributed by atoms with van der Waals surface area (Å²) in [5, 5.41) is 1.63. The molecule has 2 aromatic carbocycles. The Labute approximate surface area is 271 Å². The van der Waals surface area contributed by atoms with Gasteiger partial charge in [-0.15, -0.1) is 0 Å². The number of alkyl halides is 1. The average molecular weight is 670 g/mol. The van der Waals surface area contributed by atoms with Gasteiger partial charge >= 0.3 is 11.9 Å². The van der Waals surface area contributed by atoms with Gasteiger partial charge in [-0.3, -0.25) is 0 Å². The van der Waals surface area contributed by atoms with Crippen molar-refractivity contribution in [1.82, 2.24) is 19.5 Å². The standard InChI is InChI=1S/C18H18N2O2.C10H10N2O2.C8H9Br/c1-12(14-8-5-4-6-9-14)20-13(2)16(18(21)22-3)15-10-7-11-19-17(15)20;1-6-8(10(13)14-2)7-4-3-5-11-9(7)12-6;1-7(9)8-5-3-2-4-6-8/h4-12H,1-3H3;3-5H,1-2H3,(H,11,12);2-7H,1H3. The maximum absolute atomic E-state index is 12.2. The van der Waals surface area contributed by atoms with E-state index in [4.69, 9.17) is 9.47 Å². The van der Waals surface area contributed by atoms with Gasteiger partial charge in [-0.1, -0.05) is 76.6 Å². The fraction of sp³-hybridized carbons (Fsp3) is 0.222. The lowest BCUT2D eigenvalue weighted by molar-refractivity contribution is 0.0593. The number of nitrogens with one attached hydrogen (secondary N) is 1. The van der Waals surface area contributed by atoms with Gasteiger partial charge in [0.25, 0.3) is 0 Å². The quantitative estimate of drug-likeness (QED) is 0.146. The Morgan fingerprint density at radius 2 is 1.27 bits per heavy atom. The number of hydrogen-bond acceptors (Lipinski definition) is 6. The summed E-state index contributed by atoms with van der Waals surface area (Å²) in [6.45, 7) is 7.99. The van der Waals surface area contributed by atoms with E-state index in [1.165, 1.54) is 25.3 Å². The van der Waals surface area contributed by atoms with E-state index < -0.39 is 0 Å². The van der Waals surface area contributed by atoms with E-state index in [2.05, 4.69) is 73.6 Å². The third-order valence-corrected chi connectivity index (χ3v) is 8.00. The number of benzene rings is 2. The topological polar surface area (TPSA) is 99.1 Å². The number of aromatic amines is 1. The zero-order valence-corrected chi connectivity index (χ0v) is 27.8. The number of methoxy groups -OCH3 is 2. The lowest BCUT2D eigenvalue weighted by atomic mass is 10.1. The molecular formula is C36H37BrN4O4. The fourth-order valence-corrected chi connectivity index (χ4v) is 5.51. The first kappa shape index (κ1) is 33.1. The monoisotopic (exact) mass is 668 g/mol. The summed E-state index contributed by atoms with van der Waals surface area (Å²) in [6.07, 6.45) is 3.43. The van der Waals surface area contributed by atoms with E-state index >= 15 is 0 Å². The van der Waals surface area contributed by atoms with Gasteiger partial charge in [0.15, 0.2) is 0 Å². The van der Waals surface area contributed by atoms with Crippen molar-refractivity contribution in [2.75, 3.05) is 14.2 Å². The number of H-pyrrole nitrogens is 1. The molecular weight excluding hydrogens is 632 g/mol. The maximum atomic E-state index is 12.2. The van der Waals surface area contributed by atoms with Crippen LogP contribution in [0.25, 0.3) is 22.1 Å². The van der Waals surface area contributed by atoms with Crippen LogP contribution in [0.2, 0.25) is 0 Å². The van der Waals surface area contributed by atoms with Crippen LogP contribution in [-0.2, 0) is 9.47 Å². The molecule has 0 saturated carbocycles. The second kappa shape index (κ2) is 15.3. The van der Waals surface area contributed by atoms with Gasteiger partial charge in [-0.25, -0.2) is 19.6 Å². The Morgan fingerprint density at radius 1 is 0.733 bits per heavy atom. The number of pyridine rings is 2. The summed E-state index contributed by atoms with van der Waals surface area (Å²) in [4.78, 5) is 35.7. The van der Waals surface area contributed by atoms with E-state index in [1.54, 1.807) is 18.5 Å². The van der Waals surface area contributed by atoms with E-state index in [0.717, 1.165) is 27.8 Å². The van der Waals surface area contributed by atoms with Gasteiger partial charge in [0.2, 0.25) is 0 Å². The summed E-state index contributed by atoms with van der Waals surface area (Å²) in [5.41, 5.74) is 6.83. The highest BCUT2D eigenvalue weighted by atomic mass is 79.9. The number of esters is 2. The number of aromatic nitrogens is 4. The molecule has 0 aliphatic rings. The normalized spacial score (nSPS) is 11.9. The average Bonchev–Trinajstić information content (AvgIpc) is 3.57. The Bertz CT molecular complexity index is 1880. The van der Waals surface area contributed by atoms with Crippen LogP contribution in [0.15, 0.2) is 97.3 Å². The van der Waals surface area contributed by atoms with Gasteiger partial charge in [-0.2, -0.15) is 0 Å². The van der Waals surface area contributed by atoms with Crippen LogP contribution in [-0.4, -0.2) is 45.7 Å². The number of ether oxygens (including phenoxy) is 2. The zero-order chi connectivity index (χ0) is 32.5. The predicted octanol–water partition coefficient (Wildman–Crippen LogP) is 8.54. The Balaban J connectivity index is 0.000000171. The summed E-state index contributed by atoms with van der Waals surface area (Å²) in [7, 11) is 2.78. The zero-order valence-electron chi connectivity index (χ0n) is 26.2. The molecule has 6 rings (SSSR count). The summed E-state index contributed by atoms with van der Waals surface area (Å²) < 4.78 is 11.7. The Kier molecular flexibility index (Phi) is 11.3. The molecule has 9 heteroatoms. The smallest absolute Gasteiger partial charge is 0.340 e. The third-order valence-electron chi connectivity index (χ3n) is 7.47. The van der Waals surface area contributed by atoms with Crippen molar-refractivity contribution in [3.05, 3.63) is 131 Å². The van der Waals surface area contributed by atoms with Crippen molar-refractivity contribution >= 4 is 49.9 Å². The van der Waals surface area contributed by atoms with E-state index in [9.17, 15) is 9.59 Å². The number of hydrogen-bond donors (Lipinski definition) is 1. The first-order valence-corrected chi connectivity index (χ1v) is 15.4. The number of aryl methyl sites for hydroxylation is 1. The lowest BCUT2D eigenvalue weighted by Gasteiger charge is -2.17. The number of carbonyl (C=O) groups excluding carboxylic acids is 2. The molecule has 2 atom stereocenters. The predicted molar refractivity (Wildman–Crippen MR) is 182 cm³/mol. The van der Waals surface area contributed by atoms with Crippen LogP contribution >= 0.6 is 15.9 Å². The van der Waals surface area contributed by atoms with E-state index in [1.807, 2.05) is 68.4 Å². The summed E-state index contributed by atoms with van der Waals surface area (Å²) >= 11 is 3.48. The molecule has 0 aliphatic heterocycles. The molecule has 4 heterocycles. The number of halogens is 1. The van der Waals surface area contributed by atoms with Crippen LogP contribution in [0.1, 0.15) is 67.9 Å². The van der Waals surface area contributed by atoms with Crippen LogP contribution < -0.4 is 0 Å². The van der Waals surface area contributed by atoms with Crippen LogP contribution in [0, 0.1) is 13.8 Å². The SMILES string of the molecule is CC(Br)c1ccccc1.COC(=O)c1c(C)[nH]c2ncccc12.COC(=O)c1c(C)n(C(C)c2ccccc2)c2ncccc12. The molecule has 232 valence electrons. The second-order valence-electron chi connectivity index (χ2n) is 10.3. The molecule has 0 radical (unpaired) electrons. The molecule has 6 aromatic rings. The van der Waals surface area contributed by atoms with Crippen molar-refractivity contribution in [2.24, 2.45) is 0 Å². The number of nitrogens with zero attached hydrogens (tertiary/aromatic N) is 3. The fourth-order valence-electron chi connectivity index (χ4n) is 5.20. The van der Waals surface area contributed by atoms with Gasteiger partial charge in [0, 0.05) is 39.4 Å². The first-order valence-electron chi connectivity index (χ1n) is 14.5. The summed E-state index contributed by atoms with van der Waals surface area (Å²) in [5.74, 6) is -0.656. The molecule has 45 heavy (non-hydrogen) atoms. The first-order chi connectivity index (χ1) is 21.7. The molecule has 0 amide bonds. The minimum absolute atomic E-state index is 0.0806. The largest absolute Gasteiger partial charge is 0.465 e. The van der Waals surface area contributed by atoms with Gasteiger partial charge in [0.05, 0.1) is 31.4 Å². The van der Waals surface area contributed by atoms with Crippen molar-refractivity contribution in [3.8, 4) is 0 Å². The molecule has 1 N–H and O–H groups in total. The van der Waals surface area contributed by atoms with Crippen molar-refractivity contribution < 1.29 is 19.1 Å². The molecule has 0 aliphatic carbocycles. The molecule has 8 nitrogen and oxygen atoms in total. The van der Waals surface area contributed by atoms with Crippen molar-refractivity contribution in [2.45, 2.75) is 38.6 Å². The molecule has 0 fully saturated rings. The summed E-state index contributed by atoms with van der Waals surface area (Å²) in [6, 6.07) is 28.0. The lowest BCUT2D eigenvalue weighted by Crippen LogP contribution is -2.10. The van der Waals surface area contributed by atoms with Crippen LogP contribution in [0.3, 0.4) is 0 Å². The third kappa shape index (κ3) is 7.49. The van der Waals surface area contributed by atoms with Gasteiger partial charge in [-0.05, 0) is 63.1 Å². The van der Waals surface area contributed by atoms with E-state index in [-0.39, 0.29) is 18.0 Å². The van der Waals surface area contributed by atoms with E-state index in [0.29, 0.717) is 21.6 Å². The Morgan fingerprint density at radius 3 is 1.82 bits per heavy atom.